The van der Waals surface area contributed by atoms with E-state index in [1.54, 1.807) is 0 Å². The highest BCUT2D eigenvalue weighted by atomic mass is 28.2. The van der Waals surface area contributed by atoms with Crippen molar-refractivity contribution in [2.45, 2.75) is 50.9 Å². The van der Waals surface area contributed by atoms with E-state index in [-0.39, 0.29) is 0 Å². The molecule has 2 heterocycles. The van der Waals surface area contributed by atoms with Gasteiger partial charge in [0.1, 0.15) is 22.7 Å². The van der Waals surface area contributed by atoms with E-state index in [2.05, 4.69) is 6.92 Å². The first-order valence-electron chi connectivity index (χ1n) is 8.21. The van der Waals surface area contributed by atoms with Crippen LogP contribution in [0.1, 0.15) is 32.6 Å². The Balaban J connectivity index is 1.48. The molecule has 21 heavy (non-hydrogen) atoms. The van der Waals surface area contributed by atoms with Crippen molar-refractivity contribution in [3.8, 4) is 0 Å². The molecule has 0 saturated carbocycles. The molecule has 0 amide bonds. The van der Waals surface area contributed by atoms with Crippen LogP contribution < -0.4 is 0 Å². The molecule has 124 valence electrons. The predicted molar refractivity (Wildman–Crippen MR) is 83.6 cm³/mol. The van der Waals surface area contributed by atoms with Gasteiger partial charge in [0.15, 0.2) is 0 Å². The molecule has 0 aromatic rings. The van der Waals surface area contributed by atoms with Crippen LogP contribution >= 0.6 is 0 Å². The van der Waals surface area contributed by atoms with Gasteiger partial charge in [-0.2, -0.15) is 0 Å². The van der Waals surface area contributed by atoms with Crippen LogP contribution in [0.3, 0.4) is 0 Å². The second-order valence-corrected chi connectivity index (χ2v) is 6.52. The number of hydrogen-bond donors (Lipinski definition) is 0. The second kappa shape index (κ2) is 9.92. The lowest BCUT2D eigenvalue weighted by molar-refractivity contribution is 0.0853. The number of epoxide rings is 2. The highest BCUT2D eigenvalue weighted by Gasteiger charge is 2.23. The minimum absolute atomic E-state index is 0.357. The Labute approximate surface area is 131 Å². The maximum Gasteiger partial charge on any atom is 0.146 e. The number of rotatable bonds is 14. The molecule has 5 nitrogen and oxygen atoms in total. The topological polar surface area (TPSA) is 52.8 Å². The summed E-state index contributed by atoms with van der Waals surface area (Å²) in [6.45, 7) is 7.12. The van der Waals surface area contributed by atoms with Crippen molar-refractivity contribution in [2.75, 3.05) is 39.6 Å². The molecular weight excluding hydrogens is 288 g/mol. The first-order valence-corrected chi connectivity index (χ1v) is 9.02. The molecule has 2 aliphatic heterocycles. The third-order valence-electron chi connectivity index (χ3n) is 4.18. The van der Waals surface area contributed by atoms with Crippen LogP contribution in [0.2, 0.25) is 0 Å². The molecular formula is C15H30O5Si. The van der Waals surface area contributed by atoms with Crippen molar-refractivity contribution in [1.82, 2.24) is 0 Å². The standard InChI is InChI=1S/C15H30O5Si/c1-12(20-21)13(4-2-6-16-8-14-10-18-14)5-3-7-17-9-15-11-19-15/h12-15H,2-11H2,1,21H3. The molecule has 0 N–H and O–H groups in total. The van der Waals surface area contributed by atoms with Crippen molar-refractivity contribution in [3.63, 3.8) is 0 Å². The maximum absolute atomic E-state index is 5.64. The van der Waals surface area contributed by atoms with Crippen LogP contribution in [-0.4, -0.2) is 68.4 Å². The fraction of sp³-hybridized carbons (Fsp3) is 1.00. The molecule has 0 aliphatic carbocycles. The second-order valence-electron chi connectivity index (χ2n) is 6.05. The normalized spacial score (nSPS) is 26.7. The van der Waals surface area contributed by atoms with Crippen LogP contribution in [0, 0.1) is 5.92 Å². The Hall–Kier alpha value is 0.0169. The zero-order valence-electron chi connectivity index (χ0n) is 13.4. The highest BCUT2D eigenvalue weighted by molar-refractivity contribution is 5.98. The lowest BCUT2D eigenvalue weighted by Crippen LogP contribution is -2.21. The molecule has 0 spiro atoms. The summed E-state index contributed by atoms with van der Waals surface area (Å²) in [7, 11) is 0.807. The first-order chi connectivity index (χ1) is 10.3. The summed E-state index contributed by atoms with van der Waals surface area (Å²) in [5.41, 5.74) is 0. The molecule has 2 saturated heterocycles. The predicted octanol–water partition coefficient (Wildman–Crippen LogP) is 0.679. The molecule has 0 radical (unpaired) electrons. The van der Waals surface area contributed by atoms with E-state index in [9.17, 15) is 0 Å². The third-order valence-corrected chi connectivity index (χ3v) is 4.92. The fourth-order valence-corrected chi connectivity index (χ4v) is 2.84. The Morgan fingerprint density at radius 3 is 1.86 bits per heavy atom. The maximum atomic E-state index is 5.64. The largest absolute Gasteiger partial charge is 0.425 e. The molecule has 3 atom stereocenters. The van der Waals surface area contributed by atoms with Crippen molar-refractivity contribution in [3.05, 3.63) is 0 Å². The van der Waals surface area contributed by atoms with Crippen molar-refractivity contribution < 1.29 is 23.4 Å². The smallest absolute Gasteiger partial charge is 0.146 e. The minimum Gasteiger partial charge on any atom is -0.425 e. The van der Waals surface area contributed by atoms with Crippen LogP contribution in [0.25, 0.3) is 0 Å². The van der Waals surface area contributed by atoms with Crippen molar-refractivity contribution >= 4 is 10.5 Å². The molecule has 0 bridgehead atoms. The summed E-state index contributed by atoms with van der Waals surface area (Å²) in [4.78, 5) is 0. The van der Waals surface area contributed by atoms with Gasteiger partial charge in [-0.1, -0.05) is 0 Å². The third kappa shape index (κ3) is 8.28. The fourth-order valence-electron chi connectivity index (χ4n) is 2.46. The van der Waals surface area contributed by atoms with Crippen LogP contribution in [0.5, 0.6) is 0 Å². The van der Waals surface area contributed by atoms with Crippen molar-refractivity contribution in [1.29, 1.82) is 0 Å². The molecule has 2 fully saturated rings. The van der Waals surface area contributed by atoms with Gasteiger partial charge in [-0.3, -0.25) is 0 Å². The molecule has 2 rings (SSSR count). The Kier molecular flexibility index (Phi) is 8.20. The van der Waals surface area contributed by atoms with Gasteiger partial charge in [0, 0.05) is 19.3 Å². The SMILES string of the molecule is CC(O[SiH3])C(CCCOCC1CO1)CCCOCC1CO1. The van der Waals surface area contributed by atoms with Gasteiger partial charge < -0.3 is 23.4 Å². The van der Waals surface area contributed by atoms with E-state index in [1.807, 2.05) is 0 Å². The zero-order chi connectivity index (χ0) is 14.9. The van der Waals surface area contributed by atoms with E-state index in [0.29, 0.717) is 24.2 Å². The van der Waals surface area contributed by atoms with E-state index < -0.39 is 0 Å². The van der Waals surface area contributed by atoms with Gasteiger partial charge in [0.25, 0.3) is 0 Å². The lowest BCUT2D eigenvalue weighted by Gasteiger charge is -2.23. The first kappa shape index (κ1) is 17.4. The Morgan fingerprint density at radius 2 is 1.48 bits per heavy atom. The monoisotopic (exact) mass is 318 g/mol. The van der Waals surface area contributed by atoms with Crippen LogP contribution in [-0.2, 0) is 23.4 Å². The minimum atomic E-state index is 0.357. The summed E-state index contributed by atoms with van der Waals surface area (Å²) in [5.74, 6) is 0.615. The van der Waals surface area contributed by atoms with Gasteiger partial charge >= 0.3 is 0 Å². The van der Waals surface area contributed by atoms with Gasteiger partial charge in [0.2, 0.25) is 0 Å². The number of ether oxygens (including phenoxy) is 4. The Morgan fingerprint density at radius 1 is 1.00 bits per heavy atom. The quantitative estimate of drug-likeness (QED) is 0.268. The van der Waals surface area contributed by atoms with Crippen molar-refractivity contribution in [2.24, 2.45) is 5.92 Å². The highest BCUT2D eigenvalue weighted by Crippen LogP contribution is 2.20. The van der Waals surface area contributed by atoms with E-state index in [4.69, 9.17) is 23.4 Å². The molecule has 2 aliphatic rings. The molecule has 0 aromatic heterocycles. The summed E-state index contributed by atoms with van der Waals surface area (Å²) in [6, 6.07) is 0. The van der Waals surface area contributed by atoms with Crippen LogP contribution in [0.15, 0.2) is 0 Å². The molecule has 6 heteroatoms. The van der Waals surface area contributed by atoms with Gasteiger partial charge in [0.05, 0.1) is 26.4 Å². The van der Waals surface area contributed by atoms with E-state index >= 15 is 0 Å². The Bertz CT molecular complexity index is 249. The lowest BCUT2D eigenvalue weighted by atomic mass is 9.93. The molecule has 0 aromatic carbocycles. The average Bonchev–Trinajstić information content (AvgIpc) is 3.37. The van der Waals surface area contributed by atoms with Gasteiger partial charge in [-0.25, -0.2) is 0 Å². The van der Waals surface area contributed by atoms with Crippen LogP contribution in [0.4, 0.5) is 0 Å². The summed E-state index contributed by atoms with van der Waals surface area (Å²) in [6.07, 6.45) is 5.64. The average molecular weight is 318 g/mol. The summed E-state index contributed by atoms with van der Waals surface area (Å²) >= 11 is 0. The summed E-state index contributed by atoms with van der Waals surface area (Å²) < 4.78 is 27.1. The van der Waals surface area contributed by atoms with Gasteiger partial charge in [-0.05, 0) is 38.5 Å². The molecule has 3 unspecified atom stereocenters. The summed E-state index contributed by atoms with van der Waals surface area (Å²) in [5, 5.41) is 0. The van der Waals surface area contributed by atoms with E-state index in [1.165, 1.54) is 12.8 Å². The zero-order valence-corrected chi connectivity index (χ0v) is 15.4. The van der Waals surface area contributed by atoms with E-state index in [0.717, 1.165) is 63.0 Å². The number of hydrogen-bond acceptors (Lipinski definition) is 5. The van der Waals surface area contributed by atoms with Gasteiger partial charge in [-0.15, -0.1) is 0 Å².